The molecule has 1 aliphatic heterocycles. The second kappa shape index (κ2) is 5.13. The van der Waals surface area contributed by atoms with Gasteiger partial charge in [-0.3, -0.25) is 10.1 Å². The monoisotopic (exact) mass is 289 g/mol. The minimum Gasteiger partial charge on any atom is -0.478 e. The predicted octanol–water partition coefficient (Wildman–Crippen LogP) is 3.66. The summed E-state index contributed by atoms with van der Waals surface area (Å²) in [5, 5.41) is 11.8. The SMILES string of the molecule is O=[N+]([O-])[C@H]1Cc2ccccc2O[C@@H]1c1ccccc1Cl. The van der Waals surface area contributed by atoms with Crippen LogP contribution >= 0.6 is 11.6 Å². The van der Waals surface area contributed by atoms with Gasteiger partial charge >= 0.3 is 0 Å². The van der Waals surface area contributed by atoms with Gasteiger partial charge in [-0.1, -0.05) is 48.0 Å². The highest BCUT2D eigenvalue weighted by Gasteiger charge is 2.40. The molecule has 0 radical (unpaired) electrons. The first-order valence-electron chi connectivity index (χ1n) is 6.29. The summed E-state index contributed by atoms with van der Waals surface area (Å²) in [7, 11) is 0. The van der Waals surface area contributed by atoms with Crippen molar-refractivity contribution in [2.75, 3.05) is 0 Å². The van der Waals surface area contributed by atoms with Crippen LogP contribution in [0.4, 0.5) is 0 Å². The molecule has 0 saturated heterocycles. The molecular formula is C15H12ClNO3. The van der Waals surface area contributed by atoms with Crippen LogP contribution < -0.4 is 4.74 Å². The van der Waals surface area contributed by atoms with Gasteiger partial charge in [-0.05, 0) is 12.1 Å². The molecule has 5 heteroatoms. The Labute approximate surface area is 121 Å². The number of rotatable bonds is 2. The maximum absolute atomic E-state index is 11.3. The topological polar surface area (TPSA) is 52.4 Å². The Kier molecular flexibility index (Phi) is 3.32. The van der Waals surface area contributed by atoms with E-state index in [0.717, 1.165) is 5.56 Å². The van der Waals surface area contributed by atoms with Crippen LogP contribution in [0.1, 0.15) is 17.2 Å². The maximum Gasteiger partial charge on any atom is 0.257 e. The van der Waals surface area contributed by atoms with Crippen molar-refractivity contribution in [3.63, 3.8) is 0 Å². The number of nitrogens with zero attached hydrogens (tertiary/aromatic N) is 1. The van der Waals surface area contributed by atoms with Crippen LogP contribution in [0, 0.1) is 10.1 Å². The van der Waals surface area contributed by atoms with Gasteiger partial charge in [0.15, 0.2) is 6.10 Å². The molecule has 0 aliphatic carbocycles. The molecule has 20 heavy (non-hydrogen) atoms. The fraction of sp³-hybridized carbons (Fsp3) is 0.200. The number of nitro groups is 1. The minimum atomic E-state index is -0.829. The van der Waals surface area contributed by atoms with Gasteiger partial charge in [0.25, 0.3) is 6.04 Å². The molecule has 0 aromatic heterocycles. The first-order valence-corrected chi connectivity index (χ1v) is 6.67. The molecule has 2 aromatic rings. The maximum atomic E-state index is 11.3. The van der Waals surface area contributed by atoms with Crippen molar-refractivity contribution >= 4 is 11.6 Å². The lowest BCUT2D eigenvalue weighted by atomic mass is 9.93. The predicted molar refractivity (Wildman–Crippen MR) is 75.7 cm³/mol. The number of hydrogen-bond donors (Lipinski definition) is 0. The van der Waals surface area contributed by atoms with Crippen molar-refractivity contribution in [3.8, 4) is 5.75 Å². The van der Waals surface area contributed by atoms with Crippen LogP contribution in [-0.2, 0) is 6.42 Å². The smallest absolute Gasteiger partial charge is 0.257 e. The molecule has 102 valence electrons. The summed E-state index contributed by atoms with van der Waals surface area (Å²) >= 11 is 6.15. The van der Waals surface area contributed by atoms with Gasteiger partial charge < -0.3 is 4.74 Å². The Morgan fingerprint density at radius 2 is 1.85 bits per heavy atom. The molecule has 0 spiro atoms. The standard InChI is InChI=1S/C15H12ClNO3/c16-12-7-3-2-6-11(12)15-13(17(18)19)9-10-5-1-4-8-14(10)20-15/h1-8,13,15H,9H2/t13-,15+/m0/s1. The Morgan fingerprint density at radius 3 is 2.60 bits per heavy atom. The number of para-hydroxylation sites is 1. The number of fused-ring (bicyclic) bond motifs is 1. The van der Waals surface area contributed by atoms with Crippen molar-refractivity contribution in [2.24, 2.45) is 0 Å². The molecule has 1 aliphatic rings. The van der Waals surface area contributed by atoms with Gasteiger partial charge in [0, 0.05) is 27.5 Å². The summed E-state index contributed by atoms with van der Waals surface area (Å²) in [6.45, 7) is 0. The Balaban J connectivity index is 2.05. The Hall–Kier alpha value is -2.07. The molecule has 0 fully saturated rings. The molecule has 4 nitrogen and oxygen atoms in total. The van der Waals surface area contributed by atoms with Crippen LogP contribution in [0.25, 0.3) is 0 Å². The molecule has 0 amide bonds. The zero-order chi connectivity index (χ0) is 14.1. The van der Waals surface area contributed by atoms with Crippen molar-refractivity contribution < 1.29 is 9.66 Å². The van der Waals surface area contributed by atoms with E-state index in [4.69, 9.17) is 16.3 Å². The highest BCUT2D eigenvalue weighted by atomic mass is 35.5. The van der Waals surface area contributed by atoms with Crippen molar-refractivity contribution in [1.29, 1.82) is 0 Å². The van der Waals surface area contributed by atoms with E-state index in [9.17, 15) is 10.1 Å². The molecule has 1 heterocycles. The molecule has 3 rings (SSSR count). The highest BCUT2D eigenvalue weighted by molar-refractivity contribution is 6.31. The van der Waals surface area contributed by atoms with Crippen LogP contribution in [-0.4, -0.2) is 11.0 Å². The lowest BCUT2D eigenvalue weighted by Gasteiger charge is -2.29. The molecular weight excluding hydrogens is 278 g/mol. The van der Waals surface area contributed by atoms with Gasteiger partial charge in [0.2, 0.25) is 0 Å². The lowest BCUT2D eigenvalue weighted by Crippen LogP contribution is -2.36. The van der Waals surface area contributed by atoms with E-state index in [-0.39, 0.29) is 4.92 Å². The number of ether oxygens (including phenoxy) is 1. The summed E-state index contributed by atoms with van der Waals surface area (Å²) < 4.78 is 5.85. The summed E-state index contributed by atoms with van der Waals surface area (Å²) in [4.78, 5) is 11.1. The van der Waals surface area contributed by atoms with Crippen LogP contribution in [0.3, 0.4) is 0 Å². The normalized spacial score (nSPS) is 20.9. The van der Waals surface area contributed by atoms with E-state index < -0.39 is 12.1 Å². The molecule has 0 saturated carbocycles. The number of hydrogen-bond acceptors (Lipinski definition) is 3. The van der Waals surface area contributed by atoms with E-state index in [0.29, 0.717) is 22.8 Å². The summed E-state index contributed by atoms with van der Waals surface area (Å²) in [5.74, 6) is 0.690. The first kappa shape index (κ1) is 12.9. The third-order valence-electron chi connectivity index (χ3n) is 3.49. The van der Waals surface area contributed by atoms with Crippen LogP contribution in [0.2, 0.25) is 5.02 Å². The van der Waals surface area contributed by atoms with Crippen LogP contribution in [0.15, 0.2) is 48.5 Å². The molecule has 0 bridgehead atoms. The highest BCUT2D eigenvalue weighted by Crippen LogP contribution is 2.38. The fourth-order valence-corrected chi connectivity index (χ4v) is 2.74. The second-order valence-electron chi connectivity index (χ2n) is 4.72. The first-order chi connectivity index (χ1) is 9.66. The van der Waals surface area contributed by atoms with Crippen LogP contribution in [0.5, 0.6) is 5.75 Å². The molecule has 2 aromatic carbocycles. The van der Waals surface area contributed by atoms with Gasteiger partial charge in [0.05, 0.1) is 0 Å². The molecule has 0 unspecified atom stereocenters. The van der Waals surface area contributed by atoms with Gasteiger partial charge in [-0.2, -0.15) is 0 Å². The minimum absolute atomic E-state index is 0.288. The second-order valence-corrected chi connectivity index (χ2v) is 5.13. The van der Waals surface area contributed by atoms with E-state index in [1.807, 2.05) is 30.3 Å². The summed E-state index contributed by atoms with van der Waals surface area (Å²) in [6.07, 6.45) is -0.312. The van der Waals surface area contributed by atoms with Gasteiger partial charge in [-0.15, -0.1) is 0 Å². The largest absolute Gasteiger partial charge is 0.478 e. The van der Waals surface area contributed by atoms with Gasteiger partial charge in [-0.25, -0.2) is 0 Å². The van der Waals surface area contributed by atoms with E-state index in [1.54, 1.807) is 18.2 Å². The number of benzene rings is 2. The average molecular weight is 290 g/mol. The lowest BCUT2D eigenvalue weighted by molar-refractivity contribution is -0.535. The zero-order valence-corrected chi connectivity index (χ0v) is 11.3. The number of halogens is 1. The third kappa shape index (κ3) is 2.23. The van der Waals surface area contributed by atoms with Crippen molar-refractivity contribution in [2.45, 2.75) is 18.6 Å². The van der Waals surface area contributed by atoms with Crippen molar-refractivity contribution in [1.82, 2.24) is 0 Å². The summed E-state index contributed by atoms with van der Waals surface area (Å²) in [6, 6.07) is 13.7. The molecule has 0 N–H and O–H groups in total. The molecule has 2 atom stereocenters. The summed E-state index contributed by atoms with van der Waals surface area (Å²) in [5.41, 5.74) is 1.52. The van der Waals surface area contributed by atoms with E-state index in [2.05, 4.69) is 0 Å². The Morgan fingerprint density at radius 1 is 1.15 bits per heavy atom. The quantitative estimate of drug-likeness (QED) is 0.626. The van der Waals surface area contributed by atoms with E-state index in [1.165, 1.54) is 0 Å². The average Bonchev–Trinajstić information content (AvgIpc) is 2.46. The Bertz CT molecular complexity index is 659. The van der Waals surface area contributed by atoms with Crippen molar-refractivity contribution in [3.05, 3.63) is 74.8 Å². The zero-order valence-electron chi connectivity index (χ0n) is 10.5. The van der Waals surface area contributed by atoms with Gasteiger partial charge in [0.1, 0.15) is 5.75 Å². The van der Waals surface area contributed by atoms with E-state index >= 15 is 0 Å². The third-order valence-corrected chi connectivity index (χ3v) is 3.83. The fourth-order valence-electron chi connectivity index (χ4n) is 2.50.